The fourth-order valence-corrected chi connectivity index (χ4v) is 4.96. The van der Waals surface area contributed by atoms with Gasteiger partial charge in [-0.05, 0) is 40.3 Å². The van der Waals surface area contributed by atoms with Gasteiger partial charge in [-0.25, -0.2) is 8.42 Å². The normalized spacial score (nSPS) is 14.1. The molecule has 3 aromatic carbocycles. The van der Waals surface area contributed by atoms with Gasteiger partial charge in [-0.3, -0.25) is 4.79 Å². The molecule has 32 heavy (non-hydrogen) atoms. The van der Waals surface area contributed by atoms with Gasteiger partial charge in [0, 0.05) is 0 Å². The van der Waals surface area contributed by atoms with Gasteiger partial charge in [0.05, 0.1) is 17.5 Å². The second-order valence-corrected chi connectivity index (χ2v) is 10.7. The summed E-state index contributed by atoms with van der Waals surface area (Å²) in [5.41, 5.74) is 0.275. The summed E-state index contributed by atoms with van der Waals surface area (Å²) < 4.78 is 28.9. The van der Waals surface area contributed by atoms with Crippen molar-refractivity contribution in [3.8, 4) is 0 Å². The highest BCUT2D eigenvalue weighted by Gasteiger charge is 2.36. The molecule has 0 fully saturated rings. The van der Waals surface area contributed by atoms with E-state index >= 15 is 0 Å². The van der Waals surface area contributed by atoms with E-state index in [1.165, 1.54) is 6.07 Å². The molecule has 1 amide bonds. The van der Waals surface area contributed by atoms with Crippen LogP contribution in [-0.4, -0.2) is 38.1 Å². The lowest BCUT2D eigenvalue weighted by Gasteiger charge is -2.31. The lowest BCUT2D eigenvalue weighted by atomic mass is 9.86. The smallest absolute Gasteiger partial charge is 0.241 e. The SMILES string of the molecule is CC(C)(C)[C@H](NS(=O)(=O)c1ccc2ccccc2c1)C(=O)N[C@H](CO)Cc1ccccc1. The van der Waals surface area contributed by atoms with Gasteiger partial charge in [-0.15, -0.1) is 0 Å². The molecule has 0 aliphatic carbocycles. The van der Waals surface area contributed by atoms with Crippen molar-refractivity contribution in [2.75, 3.05) is 6.61 Å². The molecule has 0 unspecified atom stereocenters. The molecule has 0 saturated heterocycles. The molecular formula is C25H30N2O4S. The molecule has 0 spiro atoms. The monoisotopic (exact) mass is 454 g/mol. The molecule has 0 aliphatic rings. The fourth-order valence-electron chi connectivity index (χ4n) is 3.53. The number of benzene rings is 3. The Kier molecular flexibility index (Phi) is 7.33. The minimum Gasteiger partial charge on any atom is -0.394 e. The highest BCUT2D eigenvalue weighted by atomic mass is 32.2. The molecule has 3 aromatic rings. The maximum atomic E-state index is 13.1. The highest BCUT2D eigenvalue weighted by Crippen LogP contribution is 2.24. The summed E-state index contributed by atoms with van der Waals surface area (Å²) in [6, 6.07) is 20.3. The molecule has 7 heteroatoms. The zero-order chi connectivity index (χ0) is 23.4. The zero-order valence-corrected chi connectivity index (χ0v) is 19.4. The highest BCUT2D eigenvalue weighted by molar-refractivity contribution is 7.89. The molecule has 2 atom stereocenters. The number of aliphatic hydroxyl groups excluding tert-OH is 1. The van der Waals surface area contributed by atoms with Crippen LogP contribution >= 0.6 is 0 Å². The van der Waals surface area contributed by atoms with Crippen LogP contribution in [0.2, 0.25) is 0 Å². The number of aliphatic hydroxyl groups is 1. The third-order valence-electron chi connectivity index (χ3n) is 5.32. The summed E-state index contributed by atoms with van der Waals surface area (Å²) in [5.74, 6) is -0.475. The van der Waals surface area contributed by atoms with Crippen LogP contribution in [-0.2, 0) is 21.2 Å². The quantitative estimate of drug-likeness (QED) is 0.487. The van der Waals surface area contributed by atoms with Crippen LogP contribution in [0.5, 0.6) is 0 Å². The number of hydrogen-bond acceptors (Lipinski definition) is 4. The van der Waals surface area contributed by atoms with E-state index in [2.05, 4.69) is 10.0 Å². The Morgan fingerprint density at radius 2 is 1.56 bits per heavy atom. The van der Waals surface area contributed by atoms with E-state index in [1.807, 2.05) is 54.6 Å². The Morgan fingerprint density at radius 1 is 0.938 bits per heavy atom. The first kappa shape index (κ1) is 23.9. The number of amides is 1. The molecular weight excluding hydrogens is 424 g/mol. The van der Waals surface area contributed by atoms with Crippen molar-refractivity contribution < 1.29 is 18.3 Å². The van der Waals surface area contributed by atoms with Gasteiger partial charge in [0.25, 0.3) is 0 Å². The van der Waals surface area contributed by atoms with Gasteiger partial charge >= 0.3 is 0 Å². The second kappa shape index (κ2) is 9.81. The Morgan fingerprint density at radius 3 is 2.19 bits per heavy atom. The van der Waals surface area contributed by atoms with Crippen LogP contribution in [0, 0.1) is 5.41 Å². The lowest BCUT2D eigenvalue weighted by Crippen LogP contribution is -2.56. The van der Waals surface area contributed by atoms with Gasteiger partial charge in [-0.2, -0.15) is 4.72 Å². The Balaban J connectivity index is 1.81. The predicted molar refractivity (Wildman–Crippen MR) is 127 cm³/mol. The first-order valence-corrected chi connectivity index (χ1v) is 12.0. The van der Waals surface area contributed by atoms with Gasteiger partial charge in [0.2, 0.25) is 15.9 Å². The van der Waals surface area contributed by atoms with Crippen LogP contribution in [0.15, 0.2) is 77.7 Å². The fraction of sp³-hybridized carbons (Fsp3) is 0.320. The topological polar surface area (TPSA) is 95.5 Å². The van der Waals surface area contributed by atoms with E-state index in [-0.39, 0.29) is 11.5 Å². The summed E-state index contributed by atoms with van der Waals surface area (Å²) in [7, 11) is -3.95. The average Bonchev–Trinajstić information content (AvgIpc) is 2.76. The maximum Gasteiger partial charge on any atom is 0.241 e. The summed E-state index contributed by atoms with van der Waals surface area (Å²) >= 11 is 0. The summed E-state index contributed by atoms with van der Waals surface area (Å²) in [4.78, 5) is 13.2. The minimum absolute atomic E-state index is 0.0984. The molecule has 170 valence electrons. The third-order valence-corrected chi connectivity index (χ3v) is 6.74. The number of hydrogen-bond donors (Lipinski definition) is 3. The number of sulfonamides is 1. The molecule has 3 N–H and O–H groups in total. The Labute approximate surface area is 189 Å². The van der Waals surface area contributed by atoms with Crippen molar-refractivity contribution in [3.05, 3.63) is 78.4 Å². The molecule has 0 aromatic heterocycles. The molecule has 0 saturated carbocycles. The number of carbonyl (C=O) groups excluding carboxylic acids is 1. The van der Waals surface area contributed by atoms with Gasteiger partial charge < -0.3 is 10.4 Å². The summed E-state index contributed by atoms with van der Waals surface area (Å²) in [6.07, 6.45) is 0.442. The van der Waals surface area contributed by atoms with Gasteiger partial charge in [0.15, 0.2) is 0 Å². The average molecular weight is 455 g/mol. The van der Waals surface area contributed by atoms with Crippen LogP contribution < -0.4 is 10.0 Å². The molecule has 0 radical (unpaired) electrons. The molecule has 3 rings (SSSR count). The van der Waals surface area contributed by atoms with E-state index in [0.29, 0.717) is 6.42 Å². The second-order valence-electron chi connectivity index (χ2n) is 9.01. The van der Waals surface area contributed by atoms with E-state index < -0.39 is 33.4 Å². The number of rotatable bonds is 8. The number of nitrogens with one attached hydrogen (secondary N) is 2. The van der Waals surface area contributed by atoms with E-state index in [4.69, 9.17) is 0 Å². The van der Waals surface area contributed by atoms with Crippen molar-refractivity contribution in [1.29, 1.82) is 0 Å². The van der Waals surface area contributed by atoms with Crippen molar-refractivity contribution in [1.82, 2.24) is 10.0 Å². The van der Waals surface area contributed by atoms with E-state index in [0.717, 1.165) is 16.3 Å². The van der Waals surface area contributed by atoms with Crippen molar-refractivity contribution in [2.45, 2.75) is 44.2 Å². The van der Waals surface area contributed by atoms with Crippen LogP contribution in [0.25, 0.3) is 10.8 Å². The number of fused-ring (bicyclic) bond motifs is 1. The maximum absolute atomic E-state index is 13.1. The third kappa shape index (κ3) is 5.94. The predicted octanol–water partition coefficient (Wildman–Crippen LogP) is 3.25. The number of carbonyl (C=O) groups is 1. The van der Waals surface area contributed by atoms with Crippen molar-refractivity contribution in [2.24, 2.45) is 5.41 Å². The summed E-state index contributed by atoms with van der Waals surface area (Å²) in [6.45, 7) is 5.14. The molecule has 0 aliphatic heterocycles. The standard InChI is InChI=1S/C25H30N2O4S/c1-25(2,3)23(24(29)26-21(17-28)15-18-9-5-4-6-10-18)27-32(30,31)22-14-13-19-11-7-8-12-20(19)16-22/h4-14,16,21,23,27-28H,15,17H2,1-3H3,(H,26,29)/t21-,23+/m0/s1. The zero-order valence-electron chi connectivity index (χ0n) is 18.6. The van der Waals surface area contributed by atoms with Crippen LogP contribution in [0.3, 0.4) is 0 Å². The van der Waals surface area contributed by atoms with Crippen molar-refractivity contribution in [3.63, 3.8) is 0 Å². The van der Waals surface area contributed by atoms with E-state index in [1.54, 1.807) is 32.9 Å². The first-order valence-electron chi connectivity index (χ1n) is 10.6. The van der Waals surface area contributed by atoms with Crippen molar-refractivity contribution >= 4 is 26.7 Å². The lowest BCUT2D eigenvalue weighted by molar-refractivity contribution is -0.126. The Bertz CT molecular complexity index is 1170. The first-order chi connectivity index (χ1) is 15.1. The van der Waals surface area contributed by atoms with Crippen LogP contribution in [0.1, 0.15) is 26.3 Å². The molecule has 0 bridgehead atoms. The summed E-state index contributed by atoms with van der Waals surface area (Å²) in [5, 5.41) is 14.3. The Hall–Kier alpha value is -2.74. The van der Waals surface area contributed by atoms with Gasteiger partial charge in [0.1, 0.15) is 6.04 Å². The van der Waals surface area contributed by atoms with Gasteiger partial charge in [-0.1, -0.05) is 81.4 Å². The van der Waals surface area contributed by atoms with E-state index in [9.17, 15) is 18.3 Å². The molecule has 0 heterocycles. The molecule has 6 nitrogen and oxygen atoms in total. The largest absolute Gasteiger partial charge is 0.394 e. The minimum atomic E-state index is -3.95. The van der Waals surface area contributed by atoms with Crippen LogP contribution in [0.4, 0.5) is 0 Å².